The Kier molecular flexibility index (Phi) is 6.78. The first-order chi connectivity index (χ1) is 13.1. The van der Waals surface area contributed by atoms with E-state index in [-0.39, 0.29) is 5.75 Å². The van der Waals surface area contributed by atoms with Crippen LogP contribution in [0.25, 0.3) is 0 Å². The molecule has 28 heavy (non-hydrogen) atoms. The summed E-state index contributed by atoms with van der Waals surface area (Å²) in [7, 11) is 0. The van der Waals surface area contributed by atoms with E-state index in [9.17, 15) is 34.8 Å². The highest BCUT2D eigenvalue weighted by Crippen LogP contribution is 2.32. The molecule has 0 radical (unpaired) electrons. The van der Waals surface area contributed by atoms with E-state index in [2.05, 4.69) is 0 Å². The largest absolute Gasteiger partial charge is 0.507 e. The van der Waals surface area contributed by atoms with Crippen LogP contribution in [0.1, 0.15) is 24.2 Å². The van der Waals surface area contributed by atoms with E-state index in [0.717, 1.165) is 19.9 Å². The fraction of sp³-hybridized carbons (Fsp3) is 0.471. The number of carbonyl (C=O) groups is 3. The zero-order valence-corrected chi connectivity index (χ0v) is 15.0. The Morgan fingerprint density at radius 1 is 1.11 bits per heavy atom. The molecule has 1 saturated heterocycles. The molecule has 1 fully saturated rings. The summed E-state index contributed by atoms with van der Waals surface area (Å²) < 4.78 is 20.9. The fourth-order valence-electron chi connectivity index (χ4n) is 2.74. The van der Waals surface area contributed by atoms with Crippen molar-refractivity contribution in [2.75, 3.05) is 6.61 Å². The molecule has 5 atom stereocenters. The molecule has 11 nitrogen and oxygen atoms in total. The van der Waals surface area contributed by atoms with Gasteiger partial charge in [-0.3, -0.25) is 9.59 Å². The molecule has 0 unspecified atom stereocenters. The Morgan fingerprint density at radius 2 is 1.71 bits per heavy atom. The number of rotatable bonds is 6. The molecule has 2 rings (SSSR count). The first-order valence-electron chi connectivity index (χ1n) is 8.16. The lowest BCUT2D eigenvalue weighted by Gasteiger charge is -2.42. The maximum Gasteiger partial charge on any atom is 0.343 e. The Bertz CT molecular complexity index is 747. The number of aliphatic hydroxyl groups is 2. The first-order valence-corrected chi connectivity index (χ1v) is 8.16. The van der Waals surface area contributed by atoms with E-state index in [4.69, 9.17) is 18.9 Å². The third-order valence-corrected chi connectivity index (χ3v) is 3.86. The molecular formula is C17H20O11. The molecule has 1 aliphatic heterocycles. The molecular weight excluding hydrogens is 380 g/mol. The van der Waals surface area contributed by atoms with Gasteiger partial charge in [-0.25, -0.2) is 4.79 Å². The summed E-state index contributed by atoms with van der Waals surface area (Å²) >= 11 is 0. The van der Waals surface area contributed by atoms with Crippen LogP contribution >= 0.6 is 0 Å². The van der Waals surface area contributed by atoms with Crippen molar-refractivity contribution in [1.82, 2.24) is 0 Å². The minimum Gasteiger partial charge on any atom is -0.507 e. The molecule has 0 bridgehead atoms. The van der Waals surface area contributed by atoms with Gasteiger partial charge >= 0.3 is 17.9 Å². The van der Waals surface area contributed by atoms with Gasteiger partial charge in [-0.1, -0.05) is 6.07 Å². The first kappa shape index (κ1) is 21.4. The van der Waals surface area contributed by atoms with Crippen molar-refractivity contribution in [3.8, 4) is 11.5 Å². The molecule has 1 aliphatic rings. The molecule has 1 aromatic rings. The van der Waals surface area contributed by atoms with Crippen LogP contribution in [0.15, 0.2) is 18.2 Å². The molecule has 0 amide bonds. The maximum atomic E-state index is 11.5. The summed E-state index contributed by atoms with van der Waals surface area (Å²) in [6, 6.07) is 3.66. The van der Waals surface area contributed by atoms with Crippen LogP contribution in [-0.4, -0.2) is 75.6 Å². The van der Waals surface area contributed by atoms with Crippen molar-refractivity contribution in [1.29, 1.82) is 0 Å². The average molecular weight is 400 g/mol. The van der Waals surface area contributed by atoms with Gasteiger partial charge in [0.05, 0.1) is 6.61 Å². The highest BCUT2D eigenvalue weighted by molar-refractivity contribution is 5.94. The number of hydrogen-bond donors (Lipinski definition) is 4. The number of carboxylic acids is 1. The van der Waals surface area contributed by atoms with Crippen LogP contribution in [-0.2, 0) is 23.8 Å². The molecule has 0 spiro atoms. The van der Waals surface area contributed by atoms with Gasteiger partial charge in [-0.05, 0) is 12.1 Å². The second-order valence-corrected chi connectivity index (χ2v) is 5.94. The van der Waals surface area contributed by atoms with Gasteiger partial charge in [0.15, 0.2) is 6.10 Å². The predicted molar refractivity (Wildman–Crippen MR) is 88.6 cm³/mol. The van der Waals surface area contributed by atoms with E-state index < -0.39 is 66.5 Å². The summed E-state index contributed by atoms with van der Waals surface area (Å²) in [6.07, 6.45) is -7.34. The standard InChI is InChI=1S/C17H20O11/c1-7(19)25-14-13(22)11(6-18)28-17(15(14)26-8(2)20)27-10-5-3-4-9(21)12(10)16(23)24/h3-5,11,13-15,17-18,21-22H,6H2,1-2H3,(H,23,24)/t11-,13-,14+,15-,17-/m1/s1. The summed E-state index contributed by atoms with van der Waals surface area (Å²) in [5.41, 5.74) is -0.580. The number of esters is 2. The van der Waals surface area contributed by atoms with Gasteiger partial charge in [-0.2, -0.15) is 0 Å². The lowest BCUT2D eigenvalue weighted by molar-refractivity contribution is -0.285. The average Bonchev–Trinajstić information content (AvgIpc) is 2.59. The molecule has 154 valence electrons. The monoisotopic (exact) mass is 400 g/mol. The number of carboxylic acid groups (broad SMARTS) is 1. The Hall–Kier alpha value is -2.89. The van der Waals surface area contributed by atoms with Crippen molar-refractivity contribution < 1.29 is 53.8 Å². The van der Waals surface area contributed by atoms with Crippen LogP contribution in [0, 0.1) is 0 Å². The smallest absolute Gasteiger partial charge is 0.343 e. The lowest BCUT2D eigenvalue weighted by Crippen LogP contribution is -2.62. The quantitative estimate of drug-likeness (QED) is 0.450. The number of aromatic carboxylic acids is 1. The SMILES string of the molecule is CC(=O)O[C@H]1[C@H](Oc2cccc(O)c2C(=O)O)O[C@H](CO)[C@@H](O)[C@@H]1OC(C)=O. The summed E-state index contributed by atoms with van der Waals surface area (Å²) in [5, 5.41) is 38.8. The summed E-state index contributed by atoms with van der Waals surface area (Å²) in [4.78, 5) is 34.3. The lowest BCUT2D eigenvalue weighted by atomic mass is 9.98. The molecule has 4 N–H and O–H groups in total. The van der Waals surface area contributed by atoms with Gasteiger partial charge < -0.3 is 39.4 Å². The number of carbonyl (C=O) groups excluding carboxylic acids is 2. The van der Waals surface area contributed by atoms with Crippen molar-refractivity contribution in [2.24, 2.45) is 0 Å². The van der Waals surface area contributed by atoms with Crippen molar-refractivity contribution in [3.63, 3.8) is 0 Å². The van der Waals surface area contributed by atoms with Crippen LogP contribution < -0.4 is 4.74 Å². The number of aromatic hydroxyl groups is 1. The summed E-state index contributed by atoms with van der Waals surface area (Å²) in [6.45, 7) is 1.43. The van der Waals surface area contributed by atoms with Gasteiger partial charge in [0.25, 0.3) is 0 Å². The Morgan fingerprint density at radius 3 is 2.25 bits per heavy atom. The number of phenols is 1. The zero-order valence-electron chi connectivity index (χ0n) is 15.0. The normalized spacial score (nSPS) is 26.9. The third-order valence-electron chi connectivity index (χ3n) is 3.86. The van der Waals surface area contributed by atoms with E-state index in [1.54, 1.807) is 0 Å². The van der Waals surface area contributed by atoms with Crippen molar-refractivity contribution >= 4 is 17.9 Å². The number of hydrogen-bond acceptors (Lipinski definition) is 10. The van der Waals surface area contributed by atoms with Gasteiger partial charge in [0.1, 0.15) is 29.3 Å². The minimum atomic E-state index is -1.56. The number of aliphatic hydroxyl groups excluding tert-OH is 2. The molecule has 0 saturated carbocycles. The summed E-state index contributed by atoms with van der Waals surface area (Å²) in [5.74, 6) is -4.03. The van der Waals surface area contributed by atoms with E-state index in [0.29, 0.717) is 0 Å². The van der Waals surface area contributed by atoms with E-state index in [1.165, 1.54) is 12.1 Å². The fourth-order valence-corrected chi connectivity index (χ4v) is 2.74. The van der Waals surface area contributed by atoms with Gasteiger partial charge in [0, 0.05) is 13.8 Å². The maximum absolute atomic E-state index is 11.5. The zero-order chi connectivity index (χ0) is 21.0. The van der Waals surface area contributed by atoms with Crippen LogP contribution in [0.3, 0.4) is 0 Å². The molecule has 11 heteroatoms. The van der Waals surface area contributed by atoms with Crippen LogP contribution in [0.5, 0.6) is 11.5 Å². The van der Waals surface area contributed by atoms with Crippen LogP contribution in [0.4, 0.5) is 0 Å². The number of ether oxygens (including phenoxy) is 4. The van der Waals surface area contributed by atoms with Crippen molar-refractivity contribution in [3.05, 3.63) is 23.8 Å². The second kappa shape index (κ2) is 8.87. The highest BCUT2D eigenvalue weighted by atomic mass is 16.7. The number of benzene rings is 1. The molecule has 0 aromatic heterocycles. The van der Waals surface area contributed by atoms with E-state index in [1.807, 2.05) is 0 Å². The second-order valence-electron chi connectivity index (χ2n) is 5.94. The minimum absolute atomic E-state index is 0.329. The van der Waals surface area contributed by atoms with Gasteiger partial charge in [0.2, 0.25) is 12.4 Å². The van der Waals surface area contributed by atoms with Crippen LogP contribution in [0.2, 0.25) is 0 Å². The topological polar surface area (TPSA) is 169 Å². The Balaban J connectivity index is 2.43. The highest BCUT2D eigenvalue weighted by Gasteiger charge is 2.50. The van der Waals surface area contributed by atoms with E-state index >= 15 is 0 Å². The Labute approximate surface area is 159 Å². The van der Waals surface area contributed by atoms with Crippen molar-refractivity contribution in [2.45, 2.75) is 44.6 Å². The van der Waals surface area contributed by atoms with Gasteiger partial charge in [-0.15, -0.1) is 0 Å². The molecule has 1 aromatic carbocycles. The molecule has 0 aliphatic carbocycles. The third kappa shape index (κ3) is 4.68. The predicted octanol–water partition coefficient (Wildman–Crippen LogP) is -0.589. The molecule has 1 heterocycles.